The summed E-state index contributed by atoms with van der Waals surface area (Å²) in [6.45, 7) is 2.79. The van der Waals surface area contributed by atoms with E-state index in [0.29, 0.717) is 0 Å². The minimum Gasteiger partial charge on any atom is -0.256 e. The second kappa shape index (κ2) is 3.26. The molecule has 0 aliphatic heterocycles. The van der Waals surface area contributed by atoms with E-state index in [2.05, 4.69) is 0 Å². The molecule has 0 aromatic heterocycles. The van der Waals surface area contributed by atoms with Crippen LogP contribution in [0.3, 0.4) is 0 Å². The Labute approximate surface area is 39.4 Å². The molecule has 0 spiro atoms. The van der Waals surface area contributed by atoms with Gasteiger partial charge in [-0.3, -0.25) is 4.57 Å². The molecule has 0 N–H and O–H groups in total. The number of hydrogen-bond donors (Lipinski definition) is 0. The topological polar surface area (TPSA) is 20.3 Å². The normalized spacial score (nSPS) is 10.5. The monoisotopic (exact) mass is 105 g/mol. The molecule has 0 radical (unpaired) electrons. The van der Waals surface area contributed by atoms with Crippen LogP contribution in [0.25, 0.3) is 0 Å². The van der Waals surface area contributed by atoms with E-state index in [1.54, 1.807) is 11.7 Å². The molecule has 0 aliphatic rings. The molecule has 36 valence electrons. The summed E-state index contributed by atoms with van der Waals surface area (Å²) in [7, 11) is 1.90. The van der Waals surface area contributed by atoms with Crippen molar-refractivity contribution < 1.29 is 4.57 Å². The molecule has 6 heavy (non-hydrogen) atoms. The van der Waals surface area contributed by atoms with Gasteiger partial charge >= 0.3 is 0 Å². The highest BCUT2D eigenvalue weighted by Crippen LogP contribution is 1.95. The SMILES string of the molecule is CCN(C)P=O. The molecule has 0 amide bonds. The lowest BCUT2D eigenvalue weighted by atomic mass is 10.8. The van der Waals surface area contributed by atoms with E-state index in [-0.39, 0.29) is 8.61 Å². The second-order valence-electron chi connectivity index (χ2n) is 1.06. The maximum absolute atomic E-state index is 9.76. The number of rotatable bonds is 2. The molecule has 0 rings (SSSR count). The van der Waals surface area contributed by atoms with Crippen molar-refractivity contribution in [3.63, 3.8) is 0 Å². The Bertz CT molecular complexity index is 48.1. The molecule has 0 fully saturated rings. The van der Waals surface area contributed by atoms with Gasteiger partial charge in [-0.15, -0.1) is 0 Å². The molecule has 0 bridgehead atoms. The lowest BCUT2D eigenvalue weighted by Gasteiger charge is -1.96. The quantitative estimate of drug-likeness (QED) is 0.491. The van der Waals surface area contributed by atoms with Crippen molar-refractivity contribution in [2.24, 2.45) is 0 Å². The maximum Gasteiger partial charge on any atom is 0.248 e. The first-order valence-electron chi connectivity index (χ1n) is 1.85. The Morgan fingerprint density at radius 2 is 2.33 bits per heavy atom. The number of nitrogens with zero attached hydrogens (tertiary/aromatic N) is 1. The first-order valence-corrected chi connectivity index (χ1v) is 2.62. The van der Waals surface area contributed by atoms with Crippen molar-refractivity contribution in [2.75, 3.05) is 13.6 Å². The van der Waals surface area contributed by atoms with E-state index in [9.17, 15) is 4.57 Å². The van der Waals surface area contributed by atoms with E-state index in [0.717, 1.165) is 6.54 Å². The molecular formula is C3H8NOP. The summed E-state index contributed by atoms with van der Waals surface area (Å²) in [4.78, 5) is 0. The van der Waals surface area contributed by atoms with Gasteiger partial charge in [-0.2, -0.15) is 0 Å². The molecule has 0 aromatic carbocycles. The third kappa shape index (κ3) is 2.31. The largest absolute Gasteiger partial charge is 0.256 e. The van der Waals surface area contributed by atoms with E-state index >= 15 is 0 Å². The first kappa shape index (κ1) is 6.06. The minimum atomic E-state index is 0.111. The Balaban J connectivity index is 2.96. The molecule has 0 unspecified atom stereocenters. The molecule has 0 heterocycles. The van der Waals surface area contributed by atoms with Gasteiger partial charge in [0.2, 0.25) is 8.61 Å². The van der Waals surface area contributed by atoms with Gasteiger partial charge in [0.25, 0.3) is 0 Å². The van der Waals surface area contributed by atoms with Crippen molar-refractivity contribution >= 4 is 8.61 Å². The zero-order valence-electron chi connectivity index (χ0n) is 4.01. The first-order chi connectivity index (χ1) is 2.81. The van der Waals surface area contributed by atoms with Gasteiger partial charge in [0.05, 0.1) is 0 Å². The Hall–Kier alpha value is 0.0600. The van der Waals surface area contributed by atoms with Gasteiger partial charge in [0, 0.05) is 6.54 Å². The van der Waals surface area contributed by atoms with E-state index < -0.39 is 0 Å². The van der Waals surface area contributed by atoms with E-state index in [1.807, 2.05) is 6.92 Å². The molecular weight excluding hydrogens is 97.0 g/mol. The summed E-state index contributed by atoms with van der Waals surface area (Å²) >= 11 is 0. The van der Waals surface area contributed by atoms with Gasteiger partial charge in [-0.25, -0.2) is 4.67 Å². The Kier molecular flexibility index (Phi) is 3.29. The zero-order chi connectivity index (χ0) is 4.99. The molecule has 0 atom stereocenters. The van der Waals surface area contributed by atoms with Crippen LogP contribution < -0.4 is 0 Å². The van der Waals surface area contributed by atoms with Gasteiger partial charge in [-0.1, -0.05) is 6.92 Å². The van der Waals surface area contributed by atoms with Crippen LogP contribution in [0.1, 0.15) is 6.92 Å². The van der Waals surface area contributed by atoms with Crippen LogP contribution in [-0.4, -0.2) is 18.3 Å². The molecule has 2 nitrogen and oxygen atoms in total. The highest BCUT2D eigenvalue weighted by molar-refractivity contribution is 7.20. The average Bonchev–Trinajstić information content (AvgIpc) is 1.65. The highest BCUT2D eigenvalue weighted by Gasteiger charge is 1.84. The van der Waals surface area contributed by atoms with Crippen molar-refractivity contribution in [1.82, 2.24) is 4.67 Å². The van der Waals surface area contributed by atoms with E-state index in [4.69, 9.17) is 0 Å². The fraction of sp³-hybridized carbons (Fsp3) is 1.00. The van der Waals surface area contributed by atoms with Crippen LogP contribution in [0.4, 0.5) is 0 Å². The predicted octanol–water partition coefficient (Wildman–Crippen LogP) is 1.14. The van der Waals surface area contributed by atoms with Gasteiger partial charge in [-0.05, 0) is 7.05 Å². The van der Waals surface area contributed by atoms with Crippen molar-refractivity contribution in [2.45, 2.75) is 6.92 Å². The molecule has 0 aromatic rings. The van der Waals surface area contributed by atoms with Crippen LogP contribution in [0.2, 0.25) is 0 Å². The molecule has 0 saturated carbocycles. The number of hydrogen-bond acceptors (Lipinski definition) is 1. The van der Waals surface area contributed by atoms with Crippen molar-refractivity contribution in [3.05, 3.63) is 0 Å². The average molecular weight is 105 g/mol. The summed E-state index contributed by atoms with van der Waals surface area (Å²) in [5, 5.41) is 0. The fourth-order valence-electron chi connectivity index (χ4n) is 0.0577. The van der Waals surface area contributed by atoms with Crippen molar-refractivity contribution in [3.8, 4) is 0 Å². The standard InChI is InChI=1S/C3H8NOP/c1-3-4(2)6-5/h3H2,1-2H3. The van der Waals surface area contributed by atoms with Crippen LogP contribution >= 0.6 is 8.61 Å². The summed E-state index contributed by atoms with van der Waals surface area (Å²) in [5.41, 5.74) is 0. The molecule has 0 aliphatic carbocycles. The maximum atomic E-state index is 9.76. The van der Waals surface area contributed by atoms with Crippen LogP contribution in [-0.2, 0) is 4.57 Å². The van der Waals surface area contributed by atoms with E-state index in [1.165, 1.54) is 0 Å². The third-order valence-corrected chi connectivity index (χ3v) is 1.16. The lowest BCUT2D eigenvalue weighted by molar-refractivity contribution is 0.520. The Morgan fingerprint density at radius 3 is 2.33 bits per heavy atom. The van der Waals surface area contributed by atoms with Crippen LogP contribution in [0, 0.1) is 0 Å². The fourth-order valence-corrected chi connectivity index (χ4v) is 0.173. The zero-order valence-corrected chi connectivity index (χ0v) is 4.90. The summed E-state index contributed by atoms with van der Waals surface area (Å²) in [6, 6.07) is 0. The van der Waals surface area contributed by atoms with Gasteiger partial charge in [0.15, 0.2) is 0 Å². The lowest BCUT2D eigenvalue weighted by Crippen LogP contribution is -2.00. The molecule has 3 heteroatoms. The van der Waals surface area contributed by atoms with Crippen LogP contribution in [0.5, 0.6) is 0 Å². The summed E-state index contributed by atoms with van der Waals surface area (Å²) in [5.74, 6) is 0. The van der Waals surface area contributed by atoms with Gasteiger partial charge in [0.1, 0.15) is 0 Å². The Morgan fingerprint density at radius 1 is 1.83 bits per heavy atom. The second-order valence-corrected chi connectivity index (χ2v) is 1.90. The smallest absolute Gasteiger partial charge is 0.248 e. The van der Waals surface area contributed by atoms with Crippen LogP contribution in [0.15, 0.2) is 0 Å². The predicted molar refractivity (Wildman–Crippen MR) is 25.9 cm³/mol. The third-order valence-electron chi connectivity index (χ3n) is 0.597. The minimum absolute atomic E-state index is 0.111. The van der Waals surface area contributed by atoms with Gasteiger partial charge < -0.3 is 0 Å². The molecule has 0 saturated heterocycles. The highest BCUT2D eigenvalue weighted by atomic mass is 31.1. The summed E-state index contributed by atoms with van der Waals surface area (Å²) < 4.78 is 11.4. The van der Waals surface area contributed by atoms with Crippen molar-refractivity contribution in [1.29, 1.82) is 0 Å². The summed E-state index contributed by atoms with van der Waals surface area (Å²) in [6.07, 6.45) is 0.